The van der Waals surface area contributed by atoms with Crippen LogP contribution in [0.1, 0.15) is 71.1 Å². The lowest BCUT2D eigenvalue weighted by molar-refractivity contribution is 0.0130. The van der Waals surface area contributed by atoms with Gasteiger partial charge in [0.15, 0.2) is 10.8 Å². The third-order valence-corrected chi connectivity index (χ3v) is 8.22. The number of thiazole rings is 1. The molecule has 198 valence electrons. The summed E-state index contributed by atoms with van der Waals surface area (Å²) in [5.41, 5.74) is 7.16. The minimum Gasteiger partial charge on any atom is -0.444 e. The zero-order valence-corrected chi connectivity index (χ0v) is 24.0. The third-order valence-electron chi connectivity index (χ3n) is 7.21. The van der Waals surface area contributed by atoms with Gasteiger partial charge < -0.3 is 19.5 Å². The van der Waals surface area contributed by atoms with Crippen LogP contribution in [0.4, 0.5) is 9.93 Å². The van der Waals surface area contributed by atoms with Crippen LogP contribution in [-0.2, 0) is 4.74 Å². The lowest BCUT2D eigenvalue weighted by Crippen LogP contribution is -2.59. The maximum absolute atomic E-state index is 12.8. The van der Waals surface area contributed by atoms with Crippen LogP contribution in [-0.4, -0.2) is 66.3 Å². The summed E-state index contributed by atoms with van der Waals surface area (Å²) in [6.07, 6.45) is 3.41. The molecular formula is C27H37N7O2S. The van der Waals surface area contributed by atoms with Gasteiger partial charge in [0, 0.05) is 42.5 Å². The minimum absolute atomic E-state index is 0.0217. The zero-order valence-electron chi connectivity index (χ0n) is 23.2. The van der Waals surface area contributed by atoms with E-state index < -0.39 is 5.60 Å². The van der Waals surface area contributed by atoms with Crippen molar-refractivity contribution in [1.29, 1.82) is 0 Å². The Morgan fingerprint density at radius 3 is 2.57 bits per heavy atom. The molecule has 1 N–H and O–H groups in total. The van der Waals surface area contributed by atoms with Gasteiger partial charge in [0.2, 0.25) is 0 Å². The van der Waals surface area contributed by atoms with Crippen LogP contribution in [0.2, 0.25) is 0 Å². The molecule has 0 aromatic carbocycles. The molecule has 1 aliphatic rings. The predicted octanol–water partition coefficient (Wildman–Crippen LogP) is 5.91. The summed E-state index contributed by atoms with van der Waals surface area (Å²) < 4.78 is 7.50. The second-order valence-electron chi connectivity index (χ2n) is 11.5. The summed E-state index contributed by atoms with van der Waals surface area (Å²) >= 11 is 1.68. The van der Waals surface area contributed by atoms with E-state index in [1.807, 2.05) is 30.2 Å². The van der Waals surface area contributed by atoms with E-state index in [0.717, 1.165) is 37.9 Å². The number of aromatic nitrogens is 5. The predicted molar refractivity (Wildman–Crippen MR) is 149 cm³/mol. The average Bonchev–Trinajstić information content (AvgIpc) is 3.50. The summed E-state index contributed by atoms with van der Waals surface area (Å²) in [5, 5.41) is 5.37. The van der Waals surface area contributed by atoms with Gasteiger partial charge in [-0.1, -0.05) is 25.2 Å². The molecule has 0 aliphatic carbocycles. The Hall–Kier alpha value is -3.14. The third kappa shape index (κ3) is 4.45. The van der Waals surface area contributed by atoms with Crippen molar-refractivity contribution in [2.24, 2.45) is 0 Å². The van der Waals surface area contributed by atoms with Gasteiger partial charge >= 0.3 is 6.09 Å². The largest absolute Gasteiger partial charge is 0.444 e. The van der Waals surface area contributed by atoms with Gasteiger partial charge in [-0.05, 0) is 65.5 Å². The summed E-state index contributed by atoms with van der Waals surface area (Å²) in [6, 6.07) is 0.147. The lowest BCUT2D eigenvalue weighted by Gasteiger charge is -2.44. The Bertz CT molecular complexity index is 1480. The fraction of sp³-hybridized carbons (Fsp3) is 0.556. The SMILES string of the molecule is Cc1c(-c2[nH]c3sc(N4C[C@@H](C)N(C(=O)OC(C)(C)C)C[C@@H]4C)nc3c2C(C)C)cn2ncnc2c1C. The molecule has 1 aliphatic heterocycles. The van der Waals surface area contributed by atoms with Crippen LogP contribution in [0.3, 0.4) is 0 Å². The maximum Gasteiger partial charge on any atom is 0.410 e. The van der Waals surface area contributed by atoms with Gasteiger partial charge in [-0.3, -0.25) is 0 Å². The smallest absolute Gasteiger partial charge is 0.410 e. The second-order valence-corrected chi connectivity index (χ2v) is 12.5. The highest BCUT2D eigenvalue weighted by Crippen LogP contribution is 2.42. The monoisotopic (exact) mass is 523 g/mol. The number of ether oxygens (including phenoxy) is 1. The Balaban J connectivity index is 1.49. The number of carbonyl (C=O) groups excluding carboxylic acids is 1. The number of hydrogen-bond acceptors (Lipinski definition) is 7. The molecule has 0 bridgehead atoms. The van der Waals surface area contributed by atoms with Crippen molar-refractivity contribution in [2.75, 3.05) is 18.0 Å². The van der Waals surface area contributed by atoms with Crippen LogP contribution >= 0.6 is 11.3 Å². The number of fused-ring (bicyclic) bond motifs is 2. The number of piperazine rings is 1. The van der Waals surface area contributed by atoms with Gasteiger partial charge in [-0.2, -0.15) is 5.10 Å². The van der Waals surface area contributed by atoms with E-state index in [1.165, 1.54) is 11.1 Å². The molecule has 4 aromatic rings. The standard InChI is InChI=1S/C27H37N7O2S/c1-14(2)20-21(19-12-34-23(28-13-29-34)18(6)17(19)5)30-24-22(20)31-25(37-24)32-10-16(4)33(11-15(32)3)26(35)36-27(7,8)9/h12-16,30H,10-11H2,1-9H3/t15-,16+/m0/s1. The molecule has 0 spiro atoms. The first-order valence-corrected chi connectivity index (χ1v) is 13.8. The van der Waals surface area contributed by atoms with Crippen molar-refractivity contribution >= 4 is 38.6 Å². The number of anilines is 1. The highest BCUT2D eigenvalue weighted by molar-refractivity contribution is 7.21. The average molecular weight is 524 g/mol. The molecule has 5 rings (SSSR count). The summed E-state index contributed by atoms with van der Waals surface area (Å²) in [5.74, 6) is 0.283. The molecule has 0 unspecified atom stereocenters. The highest BCUT2D eigenvalue weighted by atomic mass is 32.1. The second kappa shape index (κ2) is 9.01. The van der Waals surface area contributed by atoms with E-state index in [-0.39, 0.29) is 24.1 Å². The molecule has 2 atom stereocenters. The highest BCUT2D eigenvalue weighted by Gasteiger charge is 2.36. The topological polar surface area (TPSA) is 91.7 Å². The Labute approximate surface area is 221 Å². The first-order chi connectivity index (χ1) is 17.4. The number of amides is 1. The molecule has 1 fully saturated rings. The summed E-state index contributed by atoms with van der Waals surface area (Å²) in [6.45, 7) is 19.9. The van der Waals surface area contributed by atoms with Crippen molar-refractivity contribution in [3.63, 3.8) is 0 Å². The van der Waals surface area contributed by atoms with Crippen LogP contribution < -0.4 is 4.90 Å². The van der Waals surface area contributed by atoms with Crippen molar-refractivity contribution < 1.29 is 9.53 Å². The Morgan fingerprint density at radius 2 is 1.89 bits per heavy atom. The van der Waals surface area contributed by atoms with Gasteiger partial charge in [-0.15, -0.1) is 0 Å². The van der Waals surface area contributed by atoms with Crippen molar-refractivity contribution in [2.45, 2.75) is 85.9 Å². The van der Waals surface area contributed by atoms with Crippen LogP contribution in [0, 0.1) is 13.8 Å². The summed E-state index contributed by atoms with van der Waals surface area (Å²) in [4.78, 5) is 31.3. The number of carbonyl (C=O) groups is 1. The molecule has 5 heterocycles. The number of nitrogens with zero attached hydrogens (tertiary/aromatic N) is 6. The number of H-pyrrole nitrogens is 1. The molecule has 10 heteroatoms. The molecule has 1 amide bonds. The molecule has 1 saturated heterocycles. The van der Waals surface area contributed by atoms with Crippen LogP contribution in [0.5, 0.6) is 0 Å². The number of pyridine rings is 1. The molecule has 9 nitrogen and oxygen atoms in total. The van der Waals surface area contributed by atoms with Crippen molar-refractivity contribution in [3.8, 4) is 11.3 Å². The van der Waals surface area contributed by atoms with E-state index >= 15 is 0 Å². The minimum atomic E-state index is -0.508. The maximum atomic E-state index is 12.8. The van der Waals surface area contributed by atoms with Crippen LogP contribution in [0.15, 0.2) is 12.5 Å². The molecule has 0 radical (unpaired) electrons. The zero-order chi connectivity index (χ0) is 26.8. The van der Waals surface area contributed by atoms with Crippen molar-refractivity contribution in [1.82, 2.24) is 29.5 Å². The Kier molecular flexibility index (Phi) is 6.21. The number of rotatable bonds is 3. The van der Waals surface area contributed by atoms with E-state index in [1.54, 1.807) is 17.7 Å². The van der Waals surface area contributed by atoms with Gasteiger partial charge in [0.25, 0.3) is 0 Å². The number of nitrogens with one attached hydrogen (secondary N) is 1. The van der Waals surface area contributed by atoms with Gasteiger partial charge in [0.1, 0.15) is 22.3 Å². The first kappa shape index (κ1) is 25.5. The van der Waals surface area contributed by atoms with E-state index in [2.05, 4.69) is 67.7 Å². The van der Waals surface area contributed by atoms with E-state index in [0.29, 0.717) is 13.1 Å². The first-order valence-electron chi connectivity index (χ1n) is 12.9. The number of hydrogen-bond donors (Lipinski definition) is 1. The normalized spacial score (nSPS) is 19.0. The van der Waals surface area contributed by atoms with Gasteiger partial charge in [-0.25, -0.2) is 19.3 Å². The molecule has 0 saturated carbocycles. The molecular weight excluding hydrogens is 486 g/mol. The molecule has 37 heavy (non-hydrogen) atoms. The quantitative estimate of drug-likeness (QED) is 0.359. The number of aryl methyl sites for hydroxylation is 1. The fourth-order valence-electron chi connectivity index (χ4n) is 5.19. The summed E-state index contributed by atoms with van der Waals surface area (Å²) in [7, 11) is 0. The molecule has 4 aromatic heterocycles. The van der Waals surface area contributed by atoms with Gasteiger partial charge in [0.05, 0.1) is 5.69 Å². The lowest BCUT2D eigenvalue weighted by atomic mass is 9.96. The van der Waals surface area contributed by atoms with E-state index in [9.17, 15) is 4.79 Å². The Morgan fingerprint density at radius 1 is 1.16 bits per heavy atom. The van der Waals surface area contributed by atoms with E-state index in [4.69, 9.17) is 9.72 Å². The fourth-order valence-corrected chi connectivity index (χ4v) is 6.29. The van der Waals surface area contributed by atoms with Crippen molar-refractivity contribution in [3.05, 3.63) is 29.2 Å². The number of aromatic amines is 1. The van der Waals surface area contributed by atoms with Crippen LogP contribution in [0.25, 0.3) is 27.3 Å².